The second-order valence-corrected chi connectivity index (χ2v) is 4.06. The molecule has 0 atom stereocenters. The Hall–Kier alpha value is -1.14. The summed E-state index contributed by atoms with van der Waals surface area (Å²) in [6.07, 6.45) is 4.96. The highest BCUT2D eigenvalue weighted by atomic mass is 16.3. The van der Waals surface area contributed by atoms with Gasteiger partial charge in [0.05, 0.1) is 0 Å². The Bertz CT molecular complexity index is 194. The van der Waals surface area contributed by atoms with Gasteiger partial charge in [0.2, 0.25) is 11.8 Å². The van der Waals surface area contributed by atoms with Crippen LogP contribution in [-0.2, 0) is 9.59 Å². The Morgan fingerprint density at radius 1 is 0.833 bits per heavy atom. The summed E-state index contributed by atoms with van der Waals surface area (Å²) in [6, 6.07) is 0. The minimum Gasteiger partial charge on any atom is -0.396 e. The number of hydrogen-bond donors (Lipinski definition) is 4. The van der Waals surface area contributed by atoms with E-state index >= 15 is 0 Å². The molecule has 6 nitrogen and oxygen atoms in total. The molecule has 0 aliphatic carbocycles. The van der Waals surface area contributed by atoms with Gasteiger partial charge in [0.1, 0.15) is 0 Å². The van der Waals surface area contributed by atoms with Crippen molar-refractivity contribution in [2.24, 2.45) is 0 Å². The second-order valence-electron chi connectivity index (χ2n) is 4.06. The molecule has 0 bridgehead atoms. The number of nitrogens with one attached hydrogen (secondary N) is 2. The first kappa shape index (κ1) is 16.9. The maximum absolute atomic E-state index is 10.1. The van der Waals surface area contributed by atoms with Gasteiger partial charge >= 0.3 is 0 Å². The SMILES string of the molecule is O=C1CCCN1.O=C1CCCN1.OCCCCO. The van der Waals surface area contributed by atoms with Crippen LogP contribution >= 0.6 is 0 Å². The van der Waals surface area contributed by atoms with Crippen molar-refractivity contribution in [3.05, 3.63) is 0 Å². The van der Waals surface area contributed by atoms with Crippen LogP contribution in [0.1, 0.15) is 38.5 Å². The molecule has 106 valence electrons. The molecule has 0 spiro atoms. The average molecular weight is 260 g/mol. The minimum absolute atomic E-state index is 0.195. The predicted molar refractivity (Wildman–Crippen MR) is 67.9 cm³/mol. The van der Waals surface area contributed by atoms with Crippen molar-refractivity contribution in [2.45, 2.75) is 38.5 Å². The summed E-state index contributed by atoms with van der Waals surface area (Å²) in [4.78, 5) is 20.3. The van der Waals surface area contributed by atoms with E-state index < -0.39 is 0 Å². The van der Waals surface area contributed by atoms with E-state index in [0.717, 1.165) is 51.6 Å². The number of aliphatic hydroxyl groups excluding tert-OH is 2. The molecule has 0 aromatic rings. The predicted octanol–water partition coefficient (Wildman–Crippen LogP) is -0.456. The molecule has 2 fully saturated rings. The quantitative estimate of drug-likeness (QED) is 0.516. The molecule has 2 aliphatic heterocycles. The Labute approximate surface area is 108 Å². The van der Waals surface area contributed by atoms with Crippen LogP contribution in [0.15, 0.2) is 0 Å². The normalized spacial score (nSPS) is 17.0. The molecule has 0 aromatic heterocycles. The number of aliphatic hydroxyl groups is 2. The molecule has 4 N–H and O–H groups in total. The van der Waals surface area contributed by atoms with Crippen molar-refractivity contribution in [3.63, 3.8) is 0 Å². The van der Waals surface area contributed by atoms with Crippen molar-refractivity contribution < 1.29 is 19.8 Å². The van der Waals surface area contributed by atoms with Crippen LogP contribution < -0.4 is 10.6 Å². The van der Waals surface area contributed by atoms with Gasteiger partial charge in [-0.05, 0) is 25.7 Å². The molecule has 2 rings (SSSR count). The maximum atomic E-state index is 10.1. The number of unbranched alkanes of at least 4 members (excludes halogenated alkanes) is 1. The Kier molecular flexibility index (Phi) is 11.5. The summed E-state index contributed by atoms with van der Waals surface area (Å²) in [7, 11) is 0. The third-order valence-corrected chi connectivity index (χ3v) is 2.37. The summed E-state index contributed by atoms with van der Waals surface area (Å²) >= 11 is 0. The summed E-state index contributed by atoms with van der Waals surface area (Å²) < 4.78 is 0. The molecular weight excluding hydrogens is 236 g/mol. The highest BCUT2D eigenvalue weighted by molar-refractivity contribution is 5.77. The highest BCUT2D eigenvalue weighted by Crippen LogP contribution is 1.93. The van der Waals surface area contributed by atoms with Crippen molar-refractivity contribution in [1.82, 2.24) is 10.6 Å². The third kappa shape index (κ3) is 11.3. The molecule has 0 aromatic carbocycles. The van der Waals surface area contributed by atoms with Crippen LogP contribution in [0, 0.1) is 0 Å². The fourth-order valence-corrected chi connectivity index (χ4v) is 1.35. The topological polar surface area (TPSA) is 98.7 Å². The van der Waals surface area contributed by atoms with Crippen molar-refractivity contribution >= 4 is 11.8 Å². The number of carbonyl (C=O) groups excluding carboxylic acids is 2. The lowest BCUT2D eigenvalue weighted by atomic mass is 10.3. The molecule has 0 unspecified atom stereocenters. The van der Waals surface area contributed by atoms with Gasteiger partial charge in [-0.2, -0.15) is 0 Å². The Balaban J connectivity index is 0.000000241. The molecule has 6 heteroatoms. The number of carbonyl (C=O) groups is 2. The summed E-state index contributed by atoms with van der Waals surface area (Å²) in [5.41, 5.74) is 0. The van der Waals surface area contributed by atoms with Gasteiger partial charge in [-0.1, -0.05) is 0 Å². The second kappa shape index (κ2) is 12.3. The first-order chi connectivity index (χ1) is 8.70. The van der Waals surface area contributed by atoms with E-state index in [1.807, 2.05) is 0 Å². The third-order valence-electron chi connectivity index (χ3n) is 2.37. The van der Waals surface area contributed by atoms with E-state index in [0.29, 0.717) is 0 Å². The molecule has 2 amide bonds. The van der Waals surface area contributed by atoms with E-state index in [2.05, 4.69) is 10.6 Å². The standard InChI is InChI=1S/2C4H7NO.C4H10O2/c2*6-4-2-1-3-5-4;5-3-1-2-4-6/h2*1-3H2,(H,5,6);5-6H,1-4H2. The first-order valence-electron chi connectivity index (χ1n) is 6.45. The lowest BCUT2D eigenvalue weighted by Gasteiger charge is -1.85. The van der Waals surface area contributed by atoms with Crippen LogP contribution in [0.2, 0.25) is 0 Å². The van der Waals surface area contributed by atoms with E-state index in [9.17, 15) is 9.59 Å². The lowest BCUT2D eigenvalue weighted by Crippen LogP contribution is -2.12. The zero-order valence-electron chi connectivity index (χ0n) is 10.8. The van der Waals surface area contributed by atoms with Crippen LogP contribution in [0.25, 0.3) is 0 Å². The van der Waals surface area contributed by atoms with Crippen LogP contribution in [-0.4, -0.2) is 48.3 Å². The molecular formula is C12H24N2O4. The average Bonchev–Trinajstić information content (AvgIpc) is 3.01. The van der Waals surface area contributed by atoms with Gasteiger partial charge in [0, 0.05) is 39.1 Å². The van der Waals surface area contributed by atoms with E-state index in [-0.39, 0.29) is 25.0 Å². The zero-order chi connectivity index (χ0) is 13.6. The van der Waals surface area contributed by atoms with Gasteiger partial charge in [0.15, 0.2) is 0 Å². The Morgan fingerprint density at radius 2 is 1.22 bits per heavy atom. The van der Waals surface area contributed by atoms with Crippen molar-refractivity contribution in [2.75, 3.05) is 26.3 Å². The van der Waals surface area contributed by atoms with E-state index in [4.69, 9.17) is 10.2 Å². The summed E-state index contributed by atoms with van der Waals surface area (Å²) in [5, 5.41) is 21.5. The minimum atomic E-state index is 0.195. The Morgan fingerprint density at radius 3 is 1.33 bits per heavy atom. The van der Waals surface area contributed by atoms with Crippen LogP contribution in [0.4, 0.5) is 0 Å². The zero-order valence-corrected chi connectivity index (χ0v) is 10.8. The number of hydrogen-bond acceptors (Lipinski definition) is 4. The van der Waals surface area contributed by atoms with Crippen molar-refractivity contribution in [1.29, 1.82) is 0 Å². The monoisotopic (exact) mass is 260 g/mol. The molecule has 2 heterocycles. The molecule has 2 saturated heterocycles. The number of rotatable bonds is 3. The maximum Gasteiger partial charge on any atom is 0.220 e. The van der Waals surface area contributed by atoms with Gasteiger partial charge in [-0.25, -0.2) is 0 Å². The smallest absolute Gasteiger partial charge is 0.220 e. The molecule has 2 aliphatic rings. The molecule has 0 saturated carbocycles. The number of amides is 2. The van der Waals surface area contributed by atoms with Gasteiger partial charge in [-0.15, -0.1) is 0 Å². The summed E-state index contributed by atoms with van der Waals surface area (Å²) in [5.74, 6) is 0.407. The lowest BCUT2D eigenvalue weighted by molar-refractivity contribution is -0.119. The van der Waals surface area contributed by atoms with Gasteiger partial charge < -0.3 is 20.8 Å². The fourth-order valence-electron chi connectivity index (χ4n) is 1.35. The first-order valence-corrected chi connectivity index (χ1v) is 6.45. The van der Waals surface area contributed by atoms with Crippen molar-refractivity contribution in [3.8, 4) is 0 Å². The van der Waals surface area contributed by atoms with Crippen LogP contribution in [0.5, 0.6) is 0 Å². The molecule has 18 heavy (non-hydrogen) atoms. The van der Waals surface area contributed by atoms with E-state index in [1.54, 1.807) is 0 Å². The van der Waals surface area contributed by atoms with Crippen LogP contribution in [0.3, 0.4) is 0 Å². The van der Waals surface area contributed by atoms with Gasteiger partial charge in [0.25, 0.3) is 0 Å². The molecule has 0 radical (unpaired) electrons. The van der Waals surface area contributed by atoms with E-state index in [1.165, 1.54) is 0 Å². The fraction of sp³-hybridized carbons (Fsp3) is 0.833. The largest absolute Gasteiger partial charge is 0.396 e. The highest BCUT2D eigenvalue weighted by Gasteiger charge is 2.05. The van der Waals surface area contributed by atoms with Gasteiger partial charge in [-0.3, -0.25) is 9.59 Å². The summed E-state index contributed by atoms with van der Waals surface area (Å²) in [6.45, 7) is 2.17.